The molecular weight excluding hydrogens is 297 g/mol. The number of aliphatic hydroxyl groups is 1. The SMILES string of the molecule is Cc1ccc2ncc(C(=O)NCC(O)c3ccccc3F)n2c1. The van der Waals surface area contributed by atoms with Crippen molar-refractivity contribution < 1.29 is 14.3 Å². The van der Waals surface area contributed by atoms with Crippen molar-refractivity contribution >= 4 is 11.6 Å². The topological polar surface area (TPSA) is 66.6 Å². The molecule has 1 unspecified atom stereocenters. The maximum Gasteiger partial charge on any atom is 0.270 e. The summed E-state index contributed by atoms with van der Waals surface area (Å²) in [5.74, 6) is -0.877. The number of nitrogens with one attached hydrogen (secondary N) is 1. The number of aliphatic hydroxyl groups excluding tert-OH is 1. The summed E-state index contributed by atoms with van der Waals surface area (Å²) < 4.78 is 15.3. The van der Waals surface area contributed by atoms with Gasteiger partial charge in [-0.2, -0.15) is 0 Å². The molecule has 0 bridgehead atoms. The fraction of sp³-hybridized carbons (Fsp3) is 0.176. The van der Waals surface area contributed by atoms with E-state index in [9.17, 15) is 14.3 Å². The molecule has 5 nitrogen and oxygen atoms in total. The molecule has 0 aliphatic heterocycles. The van der Waals surface area contributed by atoms with Crippen molar-refractivity contribution in [1.82, 2.24) is 14.7 Å². The highest BCUT2D eigenvalue weighted by molar-refractivity contribution is 5.93. The van der Waals surface area contributed by atoms with Gasteiger partial charge in [0.15, 0.2) is 0 Å². The highest BCUT2D eigenvalue weighted by Gasteiger charge is 2.16. The lowest BCUT2D eigenvalue weighted by Crippen LogP contribution is -2.29. The quantitative estimate of drug-likeness (QED) is 0.776. The number of rotatable bonds is 4. The predicted molar refractivity (Wildman–Crippen MR) is 83.6 cm³/mol. The van der Waals surface area contributed by atoms with E-state index in [1.54, 1.807) is 16.5 Å². The molecule has 2 aromatic heterocycles. The Bertz CT molecular complexity index is 860. The second kappa shape index (κ2) is 6.18. The number of halogens is 1. The van der Waals surface area contributed by atoms with Gasteiger partial charge in [-0.05, 0) is 24.6 Å². The van der Waals surface area contributed by atoms with E-state index in [0.29, 0.717) is 11.3 Å². The molecule has 0 fully saturated rings. The third kappa shape index (κ3) is 3.07. The van der Waals surface area contributed by atoms with Crippen LogP contribution in [0.1, 0.15) is 27.7 Å². The Kier molecular flexibility index (Phi) is 4.08. The predicted octanol–water partition coefficient (Wildman–Crippen LogP) is 2.25. The zero-order valence-electron chi connectivity index (χ0n) is 12.5. The van der Waals surface area contributed by atoms with Crippen LogP contribution >= 0.6 is 0 Å². The minimum absolute atomic E-state index is 0.0845. The smallest absolute Gasteiger partial charge is 0.270 e. The summed E-state index contributed by atoms with van der Waals surface area (Å²) in [5.41, 5.74) is 2.18. The van der Waals surface area contributed by atoms with E-state index in [2.05, 4.69) is 10.3 Å². The summed E-state index contributed by atoms with van der Waals surface area (Å²) in [6.45, 7) is 1.84. The van der Waals surface area contributed by atoms with Crippen LogP contribution in [-0.2, 0) is 0 Å². The fourth-order valence-corrected chi connectivity index (χ4v) is 2.39. The minimum Gasteiger partial charge on any atom is -0.386 e. The summed E-state index contributed by atoms with van der Waals surface area (Å²) in [5, 5.41) is 12.6. The number of nitrogens with zero attached hydrogens (tertiary/aromatic N) is 2. The molecule has 0 radical (unpaired) electrons. The largest absolute Gasteiger partial charge is 0.386 e. The third-order valence-corrected chi connectivity index (χ3v) is 3.61. The molecule has 1 atom stereocenters. The van der Waals surface area contributed by atoms with E-state index in [4.69, 9.17) is 0 Å². The Morgan fingerprint density at radius 3 is 2.91 bits per heavy atom. The number of carbonyl (C=O) groups excluding carboxylic acids is 1. The molecule has 2 N–H and O–H groups in total. The molecule has 3 aromatic rings. The van der Waals surface area contributed by atoms with Gasteiger partial charge in [0.25, 0.3) is 5.91 Å². The van der Waals surface area contributed by atoms with Gasteiger partial charge in [0.05, 0.1) is 12.3 Å². The Balaban J connectivity index is 1.74. The highest BCUT2D eigenvalue weighted by atomic mass is 19.1. The van der Waals surface area contributed by atoms with Crippen LogP contribution in [0.3, 0.4) is 0 Å². The van der Waals surface area contributed by atoms with E-state index < -0.39 is 11.9 Å². The van der Waals surface area contributed by atoms with Gasteiger partial charge in [0.1, 0.15) is 17.2 Å². The van der Waals surface area contributed by atoms with Gasteiger partial charge in [-0.1, -0.05) is 24.3 Å². The van der Waals surface area contributed by atoms with Crippen molar-refractivity contribution in [3.63, 3.8) is 0 Å². The van der Waals surface area contributed by atoms with Crippen LogP contribution in [0.5, 0.6) is 0 Å². The summed E-state index contributed by atoms with van der Waals surface area (Å²) in [7, 11) is 0. The zero-order chi connectivity index (χ0) is 16.4. The van der Waals surface area contributed by atoms with E-state index >= 15 is 0 Å². The molecule has 118 valence electrons. The minimum atomic E-state index is -1.11. The van der Waals surface area contributed by atoms with Gasteiger partial charge in [-0.15, -0.1) is 0 Å². The first-order valence-corrected chi connectivity index (χ1v) is 7.20. The van der Waals surface area contributed by atoms with Gasteiger partial charge in [0.2, 0.25) is 0 Å². The van der Waals surface area contributed by atoms with Gasteiger partial charge in [-0.3, -0.25) is 9.20 Å². The van der Waals surface area contributed by atoms with Crippen LogP contribution < -0.4 is 5.32 Å². The summed E-state index contributed by atoms with van der Waals surface area (Å²) in [6.07, 6.45) is 2.17. The van der Waals surface area contributed by atoms with E-state index in [-0.39, 0.29) is 18.0 Å². The van der Waals surface area contributed by atoms with Crippen molar-refractivity contribution in [2.75, 3.05) is 6.54 Å². The molecule has 0 aliphatic rings. The molecule has 0 saturated carbocycles. The second-order valence-electron chi connectivity index (χ2n) is 5.33. The van der Waals surface area contributed by atoms with Gasteiger partial charge >= 0.3 is 0 Å². The zero-order valence-corrected chi connectivity index (χ0v) is 12.5. The molecule has 6 heteroatoms. The average Bonchev–Trinajstić information content (AvgIpc) is 2.95. The summed E-state index contributed by atoms with van der Waals surface area (Å²) in [4.78, 5) is 16.4. The third-order valence-electron chi connectivity index (χ3n) is 3.61. The number of benzene rings is 1. The number of hydrogen-bond acceptors (Lipinski definition) is 3. The molecule has 0 saturated heterocycles. The van der Waals surface area contributed by atoms with Crippen molar-refractivity contribution in [3.8, 4) is 0 Å². The lowest BCUT2D eigenvalue weighted by molar-refractivity contribution is 0.0908. The molecule has 1 amide bonds. The number of amides is 1. The van der Waals surface area contributed by atoms with Crippen molar-refractivity contribution in [1.29, 1.82) is 0 Å². The Labute approximate surface area is 132 Å². The normalized spacial score (nSPS) is 12.3. The van der Waals surface area contributed by atoms with Gasteiger partial charge < -0.3 is 10.4 Å². The average molecular weight is 313 g/mol. The van der Waals surface area contributed by atoms with Gasteiger partial charge in [0, 0.05) is 18.3 Å². The van der Waals surface area contributed by atoms with Crippen LogP contribution in [0.2, 0.25) is 0 Å². The molecular formula is C17H16FN3O2. The molecule has 3 rings (SSSR count). The number of aromatic nitrogens is 2. The van der Waals surface area contributed by atoms with E-state index in [1.807, 2.05) is 25.3 Å². The first kappa shape index (κ1) is 15.2. The highest BCUT2D eigenvalue weighted by Crippen LogP contribution is 2.16. The van der Waals surface area contributed by atoms with Gasteiger partial charge in [-0.25, -0.2) is 9.37 Å². The van der Waals surface area contributed by atoms with E-state index in [0.717, 1.165) is 5.56 Å². The Morgan fingerprint density at radius 1 is 1.35 bits per heavy atom. The fourth-order valence-electron chi connectivity index (χ4n) is 2.39. The number of imidazole rings is 1. The summed E-state index contributed by atoms with van der Waals surface area (Å²) >= 11 is 0. The first-order chi connectivity index (χ1) is 11.1. The van der Waals surface area contributed by atoms with Crippen molar-refractivity contribution in [2.24, 2.45) is 0 Å². The maximum atomic E-state index is 13.6. The molecule has 0 aliphatic carbocycles. The molecule has 1 aromatic carbocycles. The number of pyridine rings is 1. The number of hydrogen-bond donors (Lipinski definition) is 2. The van der Waals surface area contributed by atoms with Crippen molar-refractivity contribution in [3.05, 3.63) is 71.4 Å². The van der Waals surface area contributed by atoms with Crippen LogP contribution in [-0.4, -0.2) is 26.9 Å². The first-order valence-electron chi connectivity index (χ1n) is 7.20. The lowest BCUT2D eigenvalue weighted by Gasteiger charge is -2.13. The van der Waals surface area contributed by atoms with Crippen LogP contribution in [0, 0.1) is 12.7 Å². The monoisotopic (exact) mass is 313 g/mol. The Hall–Kier alpha value is -2.73. The molecule has 2 heterocycles. The van der Waals surface area contributed by atoms with Crippen LogP contribution in [0.4, 0.5) is 4.39 Å². The maximum absolute atomic E-state index is 13.6. The van der Waals surface area contributed by atoms with Crippen molar-refractivity contribution in [2.45, 2.75) is 13.0 Å². The number of fused-ring (bicyclic) bond motifs is 1. The standard InChI is InChI=1S/C17H16FN3O2/c1-11-6-7-16-19-8-14(21(16)10-11)17(23)20-9-15(22)12-4-2-3-5-13(12)18/h2-8,10,15,22H,9H2,1H3,(H,20,23). The lowest BCUT2D eigenvalue weighted by atomic mass is 10.1. The van der Waals surface area contributed by atoms with Crippen LogP contribution in [0.15, 0.2) is 48.8 Å². The Morgan fingerprint density at radius 2 is 2.13 bits per heavy atom. The molecule has 23 heavy (non-hydrogen) atoms. The number of aryl methyl sites for hydroxylation is 1. The van der Waals surface area contributed by atoms with E-state index in [1.165, 1.54) is 18.3 Å². The molecule has 0 spiro atoms. The summed E-state index contributed by atoms with van der Waals surface area (Å²) in [6, 6.07) is 9.67. The van der Waals surface area contributed by atoms with Crippen LogP contribution in [0.25, 0.3) is 5.65 Å². The second-order valence-corrected chi connectivity index (χ2v) is 5.33. The number of carbonyl (C=O) groups is 1.